The number of rotatable bonds is 26. The number of guanidine groups is 1. The molecule has 25 nitrogen and oxygen atoms in total. The van der Waals surface area contributed by atoms with E-state index in [1.54, 1.807) is 0 Å². The SMILES string of the molecule is C[C@H](NC(=O)[C@@H]1CCCN1C(=O)[C@H](CCCCN)NC(=O)[C@@H](CCCN=C(N)N)NC(=O)[C@H](Cc1cnc[nH]1)NC(=O)CN)C(=O)N[C@@H](CCC(N)=O)C(=O)N1CCC[C@H]1C(=O)O. The number of likely N-dealkylation sites (tertiary alicyclic amines) is 2. The number of H-pyrrole nitrogens is 1. The van der Waals surface area contributed by atoms with Crippen LogP contribution in [0.5, 0.6) is 0 Å². The van der Waals surface area contributed by atoms with Crippen molar-refractivity contribution in [3.05, 3.63) is 18.2 Å². The van der Waals surface area contributed by atoms with Crippen LogP contribution in [0.1, 0.15) is 83.2 Å². The minimum absolute atomic E-state index is 0.0153. The molecule has 2 aliphatic rings. The predicted molar refractivity (Wildman–Crippen MR) is 225 cm³/mol. The number of hydrogen-bond acceptors (Lipinski definition) is 13. The molecule has 0 unspecified atom stereocenters. The molecule has 350 valence electrons. The Morgan fingerprint density at radius 2 is 1.37 bits per heavy atom. The molecule has 17 N–H and O–H groups in total. The van der Waals surface area contributed by atoms with E-state index in [-0.39, 0.29) is 77.0 Å². The minimum atomic E-state index is -1.31. The van der Waals surface area contributed by atoms with Crippen molar-refractivity contribution >= 4 is 59.2 Å². The number of aliphatic imine (C=N–C) groups is 1. The lowest BCUT2D eigenvalue weighted by Crippen LogP contribution is -2.59. The number of aliphatic carboxylic acids is 1. The summed E-state index contributed by atoms with van der Waals surface area (Å²) in [5.41, 5.74) is 28.0. The molecule has 0 spiro atoms. The van der Waals surface area contributed by atoms with E-state index in [0.717, 1.165) is 4.90 Å². The topological polar surface area (TPSA) is 412 Å². The standard InChI is InChI=1S/C38H63N15O10/c1-21(31(56)50-25(11-12-29(41)54)36(61)53-16-6-10-28(53)37(62)63)47-34(59)27-9-5-15-52(27)35(60)24(7-2-3-13-39)51-32(57)23(8-4-14-45-38(42)43)49-33(58)26(48-30(55)18-40)17-22-19-44-20-46-22/h19-21,23-28H,2-18,39-40H2,1H3,(H2,41,54)(H,44,46)(H,47,59)(H,48,55)(H,49,58)(H,50,56)(H,51,57)(H,62,63)(H4,42,43,45)/t21-,23+,24-,25-,26-,27-,28-/m0/s1. The first-order valence-corrected chi connectivity index (χ1v) is 21.0. The van der Waals surface area contributed by atoms with E-state index >= 15 is 0 Å². The highest BCUT2D eigenvalue weighted by molar-refractivity contribution is 5.98. The van der Waals surface area contributed by atoms with Gasteiger partial charge >= 0.3 is 5.97 Å². The fourth-order valence-electron chi connectivity index (χ4n) is 7.35. The van der Waals surface area contributed by atoms with Gasteiger partial charge in [-0.2, -0.15) is 0 Å². The second kappa shape index (κ2) is 25.5. The Bertz CT molecular complexity index is 1790. The highest BCUT2D eigenvalue weighted by Gasteiger charge is 2.41. The Kier molecular flexibility index (Phi) is 20.7. The Hall–Kier alpha value is -6.37. The van der Waals surface area contributed by atoms with Crippen molar-refractivity contribution in [2.24, 2.45) is 33.7 Å². The second-order valence-electron chi connectivity index (χ2n) is 15.5. The Morgan fingerprint density at radius 3 is 1.95 bits per heavy atom. The van der Waals surface area contributed by atoms with Gasteiger partial charge in [-0.05, 0) is 77.7 Å². The van der Waals surface area contributed by atoms with Crippen LogP contribution in [0.3, 0.4) is 0 Å². The molecule has 2 fully saturated rings. The van der Waals surface area contributed by atoms with Gasteiger partial charge in [-0.15, -0.1) is 0 Å². The number of primary amides is 1. The number of aromatic nitrogens is 2. The van der Waals surface area contributed by atoms with Crippen LogP contribution >= 0.6 is 0 Å². The largest absolute Gasteiger partial charge is 0.480 e. The van der Waals surface area contributed by atoms with Crippen LogP contribution in [0.4, 0.5) is 0 Å². The minimum Gasteiger partial charge on any atom is -0.480 e. The first kappa shape index (κ1) is 51.0. The molecule has 2 aliphatic heterocycles. The fraction of sp³-hybridized carbons (Fsp3) is 0.658. The normalized spacial score (nSPS) is 18.2. The monoisotopic (exact) mass is 889 g/mol. The number of amides is 8. The van der Waals surface area contributed by atoms with Gasteiger partial charge in [0.25, 0.3) is 0 Å². The van der Waals surface area contributed by atoms with Gasteiger partial charge in [0.2, 0.25) is 47.3 Å². The van der Waals surface area contributed by atoms with Crippen LogP contribution in [0.15, 0.2) is 17.5 Å². The molecule has 1 aromatic heterocycles. The summed E-state index contributed by atoms with van der Waals surface area (Å²) < 4.78 is 0. The van der Waals surface area contributed by atoms with E-state index in [9.17, 15) is 48.3 Å². The van der Waals surface area contributed by atoms with E-state index in [2.05, 4.69) is 41.5 Å². The van der Waals surface area contributed by atoms with Gasteiger partial charge in [0, 0.05) is 44.4 Å². The van der Waals surface area contributed by atoms with Crippen molar-refractivity contribution in [1.82, 2.24) is 46.4 Å². The predicted octanol–water partition coefficient (Wildman–Crippen LogP) is -5.13. The van der Waals surface area contributed by atoms with Crippen molar-refractivity contribution < 1.29 is 48.3 Å². The molecule has 7 atom stereocenters. The highest BCUT2D eigenvalue weighted by Crippen LogP contribution is 2.22. The first-order chi connectivity index (χ1) is 30.0. The summed E-state index contributed by atoms with van der Waals surface area (Å²) in [6.07, 6.45) is 4.92. The number of nitrogens with zero attached hydrogens (tertiary/aromatic N) is 4. The zero-order valence-corrected chi connectivity index (χ0v) is 35.5. The van der Waals surface area contributed by atoms with Gasteiger partial charge in [-0.3, -0.25) is 43.3 Å². The van der Waals surface area contributed by atoms with E-state index in [1.165, 1.54) is 24.3 Å². The summed E-state index contributed by atoms with van der Waals surface area (Å²) in [7, 11) is 0. The molecule has 2 saturated heterocycles. The second-order valence-corrected chi connectivity index (χ2v) is 15.5. The number of carbonyl (C=O) groups is 9. The molecule has 1 aromatic rings. The van der Waals surface area contributed by atoms with E-state index in [4.69, 9.17) is 28.7 Å². The Balaban J connectivity index is 1.78. The Morgan fingerprint density at radius 1 is 0.778 bits per heavy atom. The number of carboxylic acids is 1. The number of carbonyl (C=O) groups excluding carboxylic acids is 8. The summed E-state index contributed by atoms with van der Waals surface area (Å²) in [6, 6.07) is -8.29. The molecule has 0 bridgehead atoms. The third kappa shape index (κ3) is 16.1. The average molecular weight is 890 g/mol. The molecule has 3 rings (SSSR count). The number of hydrogen-bond donors (Lipinski definition) is 12. The zero-order chi connectivity index (χ0) is 46.6. The molecular formula is C38H63N15O10. The van der Waals surface area contributed by atoms with Crippen molar-refractivity contribution in [1.29, 1.82) is 0 Å². The number of aromatic amines is 1. The molecule has 0 radical (unpaired) electrons. The maximum atomic E-state index is 14.3. The third-order valence-corrected chi connectivity index (χ3v) is 10.7. The smallest absolute Gasteiger partial charge is 0.326 e. The van der Waals surface area contributed by atoms with Gasteiger partial charge in [0.15, 0.2) is 5.96 Å². The number of nitrogens with one attached hydrogen (secondary N) is 6. The maximum absolute atomic E-state index is 14.3. The van der Waals surface area contributed by atoms with Gasteiger partial charge in [0.1, 0.15) is 42.3 Å². The molecule has 8 amide bonds. The fourth-order valence-corrected chi connectivity index (χ4v) is 7.35. The van der Waals surface area contributed by atoms with Crippen molar-refractivity contribution in [2.45, 2.75) is 126 Å². The molecular weight excluding hydrogens is 827 g/mol. The number of imidazole rings is 1. The van der Waals surface area contributed by atoms with Gasteiger partial charge in [-0.1, -0.05) is 0 Å². The van der Waals surface area contributed by atoms with Crippen LogP contribution < -0.4 is 55.3 Å². The van der Waals surface area contributed by atoms with Crippen molar-refractivity contribution in [3.8, 4) is 0 Å². The van der Waals surface area contributed by atoms with Crippen molar-refractivity contribution in [2.75, 3.05) is 32.7 Å². The van der Waals surface area contributed by atoms with Crippen LogP contribution in [0, 0.1) is 0 Å². The molecule has 3 heterocycles. The van der Waals surface area contributed by atoms with Crippen LogP contribution in [0.25, 0.3) is 0 Å². The Labute approximate surface area is 364 Å². The molecule has 63 heavy (non-hydrogen) atoms. The number of unbranched alkanes of at least 4 members (excludes halogenated alkanes) is 1. The van der Waals surface area contributed by atoms with Crippen LogP contribution in [0.2, 0.25) is 0 Å². The molecule has 25 heteroatoms. The molecule has 0 aromatic carbocycles. The molecule has 0 saturated carbocycles. The van der Waals surface area contributed by atoms with Crippen LogP contribution in [-0.4, -0.2) is 159 Å². The number of nitrogens with two attached hydrogens (primary N) is 5. The van der Waals surface area contributed by atoms with Gasteiger partial charge < -0.3 is 75.1 Å². The van der Waals surface area contributed by atoms with Crippen molar-refractivity contribution in [3.63, 3.8) is 0 Å². The summed E-state index contributed by atoms with van der Waals surface area (Å²) >= 11 is 0. The average Bonchev–Trinajstić information content (AvgIpc) is 4.05. The van der Waals surface area contributed by atoms with Crippen LogP contribution in [-0.2, 0) is 49.6 Å². The van der Waals surface area contributed by atoms with Gasteiger partial charge in [-0.25, -0.2) is 9.78 Å². The summed E-state index contributed by atoms with van der Waals surface area (Å²) in [6.45, 7) is 1.64. The lowest BCUT2D eigenvalue weighted by Gasteiger charge is -2.31. The van der Waals surface area contributed by atoms with Gasteiger partial charge in [0.05, 0.1) is 12.9 Å². The zero-order valence-electron chi connectivity index (χ0n) is 35.5. The lowest BCUT2D eigenvalue weighted by atomic mass is 10.0. The summed E-state index contributed by atoms with van der Waals surface area (Å²) in [4.78, 5) is 131. The summed E-state index contributed by atoms with van der Waals surface area (Å²) in [5, 5.41) is 22.7. The number of carboxylic acid groups (broad SMARTS) is 1. The van der Waals surface area contributed by atoms with E-state index < -0.39 is 102 Å². The quantitative estimate of drug-likeness (QED) is 0.0235. The third-order valence-electron chi connectivity index (χ3n) is 10.7. The first-order valence-electron chi connectivity index (χ1n) is 21.0. The lowest BCUT2D eigenvalue weighted by molar-refractivity contribution is -0.149. The summed E-state index contributed by atoms with van der Waals surface area (Å²) in [5.74, 6) is -7.00. The highest BCUT2D eigenvalue weighted by atomic mass is 16.4. The van der Waals surface area contributed by atoms with E-state index in [0.29, 0.717) is 37.9 Å². The maximum Gasteiger partial charge on any atom is 0.326 e. The van der Waals surface area contributed by atoms with E-state index in [1.807, 2.05) is 0 Å². The molecule has 0 aliphatic carbocycles.